The Hall–Kier alpha value is -1.30. The van der Waals surface area contributed by atoms with Gasteiger partial charge in [-0.15, -0.1) is 0 Å². The number of pyridine rings is 1. The molecule has 6 heteroatoms. The molecule has 0 radical (unpaired) electrons. The summed E-state index contributed by atoms with van der Waals surface area (Å²) in [6.07, 6.45) is -3.81. The summed E-state index contributed by atoms with van der Waals surface area (Å²) in [5.41, 5.74) is -0.124. The van der Waals surface area contributed by atoms with Crippen molar-refractivity contribution in [2.24, 2.45) is 0 Å². The lowest BCUT2D eigenvalue weighted by atomic mass is 10.1. The second-order valence-corrected chi connectivity index (χ2v) is 4.29. The summed E-state index contributed by atoms with van der Waals surface area (Å²) in [6, 6.07) is 2.27. The van der Waals surface area contributed by atoms with Gasteiger partial charge in [0, 0.05) is 31.9 Å². The van der Waals surface area contributed by atoms with Crippen LogP contribution in [-0.2, 0) is 12.6 Å². The molecule has 0 saturated carbocycles. The standard InChI is InChI=1S/C12H16F3N3/c1-2-10-7-9(12(13,14)15)8-11(17-10)18-5-3-16-4-6-18/h7-8,16H,2-6H2,1H3. The Morgan fingerprint density at radius 3 is 2.50 bits per heavy atom. The first-order valence-electron chi connectivity index (χ1n) is 6.04. The van der Waals surface area contributed by atoms with Crippen molar-refractivity contribution in [3.8, 4) is 0 Å². The Labute approximate surface area is 104 Å². The summed E-state index contributed by atoms with van der Waals surface area (Å²) >= 11 is 0. The minimum Gasteiger partial charge on any atom is -0.354 e. The lowest BCUT2D eigenvalue weighted by molar-refractivity contribution is -0.137. The maximum atomic E-state index is 12.8. The van der Waals surface area contributed by atoms with Crippen molar-refractivity contribution < 1.29 is 13.2 Å². The number of aromatic nitrogens is 1. The lowest BCUT2D eigenvalue weighted by Gasteiger charge is -2.29. The van der Waals surface area contributed by atoms with E-state index in [1.807, 2.05) is 11.8 Å². The number of piperazine rings is 1. The third-order valence-electron chi connectivity index (χ3n) is 3.00. The SMILES string of the molecule is CCc1cc(C(F)(F)F)cc(N2CCNCC2)n1. The Kier molecular flexibility index (Phi) is 3.75. The highest BCUT2D eigenvalue weighted by atomic mass is 19.4. The van der Waals surface area contributed by atoms with Crippen LogP contribution in [0, 0.1) is 0 Å². The van der Waals surface area contributed by atoms with E-state index in [4.69, 9.17) is 0 Å². The van der Waals surface area contributed by atoms with Crippen molar-refractivity contribution in [1.82, 2.24) is 10.3 Å². The third-order valence-corrected chi connectivity index (χ3v) is 3.00. The quantitative estimate of drug-likeness (QED) is 0.881. The van der Waals surface area contributed by atoms with Gasteiger partial charge in [-0.05, 0) is 18.6 Å². The van der Waals surface area contributed by atoms with Crippen molar-refractivity contribution in [3.63, 3.8) is 0 Å². The molecular formula is C12H16F3N3. The zero-order valence-electron chi connectivity index (χ0n) is 10.2. The van der Waals surface area contributed by atoms with Crippen LogP contribution in [0.5, 0.6) is 0 Å². The molecule has 18 heavy (non-hydrogen) atoms. The van der Waals surface area contributed by atoms with E-state index < -0.39 is 11.7 Å². The average molecular weight is 259 g/mol. The number of aryl methyl sites for hydroxylation is 1. The lowest BCUT2D eigenvalue weighted by Crippen LogP contribution is -2.44. The average Bonchev–Trinajstić information content (AvgIpc) is 2.38. The summed E-state index contributed by atoms with van der Waals surface area (Å²) in [5, 5.41) is 3.17. The number of rotatable bonds is 2. The molecule has 1 fully saturated rings. The first kappa shape index (κ1) is 13.1. The molecule has 100 valence electrons. The molecular weight excluding hydrogens is 243 g/mol. The van der Waals surface area contributed by atoms with Gasteiger partial charge in [-0.25, -0.2) is 4.98 Å². The van der Waals surface area contributed by atoms with Crippen molar-refractivity contribution in [2.45, 2.75) is 19.5 Å². The summed E-state index contributed by atoms with van der Waals surface area (Å²) in [5.74, 6) is 0.433. The van der Waals surface area contributed by atoms with Gasteiger partial charge in [0.2, 0.25) is 0 Å². The van der Waals surface area contributed by atoms with Crippen molar-refractivity contribution in [2.75, 3.05) is 31.1 Å². The molecule has 1 saturated heterocycles. The van der Waals surface area contributed by atoms with Gasteiger partial charge in [-0.3, -0.25) is 0 Å². The van der Waals surface area contributed by atoms with Crippen molar-refractivity contribution in [3.05, 3.63) is 23.4 Å². The number of hydrogen-bond donors (Lipinski definition) is 1. The molecule has 3 nitrogen and oxygen atoms in total. The van der Waals surface area contributed by atoms with Gasteiger partial charge in [0.05, 0.1) is 5.56 Å². The monoisotopic (exact) mass is 259 g/mol. The summed E-state index contributed by atoms with van der Waals surface area (Å²) in [6.45, 7) is 4.75. The number of alkyl halides is 3. The van der Waals surface area contributed by atoms with E-state index in [0.29, 0.717) is 31.0 Å². The number of nitrogens with zero attached hydrogens (tertiary/aromatic N) is 2. The Bertz CT molecular complexity index is 412. The molecule has 1 aromatic rings. The largest absolute Gasteiger partial charge is 0.416 e. The first-order valence-corrected chi connectivity index (χ1v) is 6.04. The van der Waals surface area contributed by atoms with Crippen LogP contribution in [-0.4, -0.2) is 31.2 Å². The minimum absolute atomic E-state index is 0.433. The molecule has 0 aliphatic carbocycles. The van der Waals surface area contributed by atoms with Crippen LogP contribution in [0.15, 0.2) is 12.1 Å². The fraction of sp³-hybridized carbons (Fsp3) is 0.583. The maximum absolute atomic E-state index is 12.8. The van der Waals surface area contributed by atoms with Crippen LogP contribution in [0.4, 0.5) is 19.0 Å². The summed E-state index contributed by atoms with van der Waals surface area (Å²) in [7, 11) is 0. The van der Waals surface area contributed by atoms with Crippen LogP contribution >= 0.6 is 0 Å². The van der Waals surface area contributed by atoms with Crippen LogP contribution < -0.4 is 10.2 Å². The van der Waals surface area contributed by atoms with E-state index in [0.717, 1.165) is 25.2 Å². The van der Waals surface area contributed by atoms with E-state index in [9.17, 15) is 13.2 Å². The molecule has 1 aromatic heterocycles. The van der Waals surface area contributed by atoms with Gasteiger partial charge in [-0.2, -0.15) is 13.2 Å². The third kappa shape index (κ3) is 2.93. The highest BCUT2D eigenvalue weighted by molar-refractivity contribution is 5.44. The highest BCUT2D eigenvalue weighted by Gasteiger charge is 2.32. The van der Waals surface area contributed by atoms with E-state index >= 15 is 0 Å². The Morgan fingerprint density at radius 1 is 1.28 bits per heavy atom. The van der Waals surface area contributed by atoms with Crippen LogP contribution in [0.2, 0.25) is 0 Å². The molecule has 2 heterocycles. The minimum atomic E-state index is -4.31. The fourth-order valence-electron chi connectivity index (χ4n) is 1.97. The van der Waals surface area contributed by atoms with Crippen molar-refractivity contribution >= 4 is 5.82 Å². The van der Waals surface area contributed by atoms with Crippen molar-refractivity contribution in [1.29, 1.82) is 0 Å². The molecule has 0 unspecified atom stereocenters. The molecule has 1 aliphatic heterocycles. The molecule has 2 rings (SSSR count). The zero-order chi connectivity index (χ0) is 13.2. The van der Waals surface area contributed by atoms with Crippen LogP contribution in [0.1, 0.15) is 18.2 Å². The number of hydrogen-bond acceptors (Lipinski definition) is 3. The number of halogens is 3. The van der Waals surface area contributed by atoms with Gasteiger partial charge in [0.15, 0.2) is 0 Å². The number of nitrogens with one attached hydrogen (secondary N) is 1. The summed E-state index contributed by atoms with van der Waals surface area (Å²) < 4.78 is 38.4. The highest BCUT2D eigenvalue weighted by Crippen LogP contribution is 2.31. The van der Waals surface area contributed by atoms with Gasteiger partial charge in [-0.1, -0.05) is 6.92 Å². The predicted octanol–water partition coefficient (Wildman–Crippen LogP) is 2.07. The molecule has 1 aliphatic rings. The normalized spacial score (nSPS) is 17.0. The second kappa shape index (κ2) is 5.14. The van der Waals surface area contributed by atoms with Crippen LogP contribution in [0.25, 0.3) is 0 Å². The molecule has 1 N–H and O–H groups in total. The van der Waals surface area contributed by atoms with Gasteiger partial charge >= 0.3 is 6.18 Å². The van der Waals surface area contributed by atoms with E-state index in [2.05, 4.69) is 10.3 Å². The van der Waals surface area contributed by atoms with E-state index in [1.165, 1.54) is 0 Å². The topological polar surface area (TPSA) is 28.2 Å². The van der Waals surface area contributed by atoms with Gasteiger partial charge in [0.25, 0.3) is 0 Å². The molecule has 0 bridgehead atoms. The zero-order valence-corrected chi connectivity index (χ0v) is 10.2. The Morgan fingerprint density at radius 2 is 1.94 bits per heavy atom. The molecule has 0 aromatic carbocycles. The Balaban J connectivity index is 2.34. The smallest absolute Gasteiger partial charge is 0.354 e. The van der Waals surface area contributed by atoms with Gasteiger partial charge < -0.3 is 10.2 Å². The van der Waals surface area contributed by atoms with E-state index in [1.54, 1.807) is 0 Å². The molecule has 0 amide bonds. The van der Waals surface area contributed by atoms with Gasteiger partial charge in [0.1, 0.15) is 5.82 Å². The number of anilines is 1. The fourth-order valence-corrected chi connectivity index (χ4v) is 1.97. The maximum Gasteiger partial charge on any atom is 0.416 e. The first-order chi connectivity index (χ1) is 8.50. The second-order valence-electron chi connectivity index (χ2n) is 4.29. The van der Waals surface area contributed by atoms with E-state index in [-0.39, 0.29) is 0 Å². The molecule has 0 atom stereocenters. The predicted molar refractivity (Wildman–Crippen MR) is 63.7 cm³/mol. The van der Waals surface area contributed by atoms with Crippen LogP contribution in [0.3, 0.4) is 0 Å². The molecule has 0 spiro atoms. The summed E-state index contributed by atoms with van der Waals surface area (Å²) in [4.78, 5) is 6.18.